The summed E-state index contributed by atoms with van der Waals surface area (Å²) in [6.45, 7) is 1.85. The third-order valence-electron chi connectivity index (χ3n) is 4.11. The molecule has 1 heterocycles. The molecule has 3 rings (SSSR count). The van der Waals surface area contributed by atoms with E-state index in [1.54, 1.807) is 30.3 Å². The highest BCUT2D eigenvalue weighted by atomic mass is 35.5. The standard InChI is InChI=1S/C19H15Cl2NO3/c1-10-13(9-16(21)23)17-14(22-10)7-8-15(25-2)18(17)19(24)11-3-5-12(20)6-4-11/h3-8,22H,9H2,1-2H3. The highest BCUT2D eigenvalue weighted by Crippen LogP contribution is 2.34. The average molecular weight is 376 g/mol. The highest BCUT2D eigenvalue weighted by Gasteiger charge is 2.23. The number of hydrogen-bond acceptors (Lipinski definition) is 3. The quantitative estimate of drug-likeness (QED) is 0.520. The molecule has 0 unspecified atom stereocenters. The second-order valence-electron chi connectivity index (χ2n) is 5.66. The van der Waals surface area contributed by atoms with Crippen molar-refractivity contribution in [3.8, 4) is 5.75 Å². The molecule has 0 aliphatic heterocycles. The lowest BCUT2D eigenvalue weighted by atomic mass is 9.95. The zero-order valence-corrected chi connectivity index (χ0v) is 15.2. The molecule has 0 radical (unpaired) electrons. The van der Waals surface area contributed by atoms with Gasteiger partial charge in [0, 0.05) is 33.6 Å². The van der Waals surface area contributed by atoms with Crippen molar-refractivity contribution in [2.24, 2.45) is 0 Å². The lowest BCUT2D eigenvalue weighted by molar-refractivity contribution is -0.111. The number of carbonyl (C=O) groups is 2. The van der Waals surface area contributed by atoms with Gasteiger partial charge in [-0.05, 0) is 60.5 Å². The Hall–Kier alpha value is -2.30. The Balaban J connectivity index is 2.29. The van der Waals surface area contributed by atoms with Gasteiger partial charge in [0.25, 0.3) is 0 Å². The van der Waals surface area contributed by atoms with Gasteiger partial charge < -0.3 is 9.72 Å². The van der Waals surface area contributed by atoms with E-state index in [2.05, 4.69) is 4.98 Å². The van der Waals surface area contributed by atoms with Gasteiger partial charge in [-0.1, -0.05) is 11.6 Å². The van der Waals surface area contributed by atoms with E-state index in [1.165, 1.54) is 7.11 Å². The third-order valence-corrected chi connectivity index (χ3v) is 4.50. The molecule has 4 nitrogen and oxygen atoms in total. The van der Waals surface area contributed by atoms with Crippen molar-refractivity contribution in [1.82, 2.24) is 4.98 Å². The number of aryl methyl sites for hydroxylation is 1. The first-order chi connectivity index (χ1) is 11.9. The van der Waals surface area contributed by atoms with E-state index in [-0.39, 0.29) is 12.2 Å². The van der Waals surface area contributed by atoms with Crippen LogP contribution in [0.5, 0.6) is 5.75 Å². The number of halogens is 2. The van der Waals surface area contributed by atoms with Crippen LogP contribution in [-0.4, -0.2) is 23.1 Å². The van der Waals surface area contributed by atoms with Crippen LogP contribution < -0.4 is 4.74 Å². The molecule has 6 heteroatoms. The summed E-state index contributed by atoms with van der Waals surface area (Å²) in [6, 6.07) is 10.2. The number of ether oxygens (including phenoxy) is 1. The Morgan fingerprint density at radius 2 is 1.80 bits per heavy atom. The van der Waals surface area contributed by atoms with Crippen molar-refractivity contribution in [3.63, 3.8) is 0 Å². The normalized spacial score (nSPS) is 10.9. The van der Waals surface area contributed by atoms with Gasteiger partial charge in [0.1, 0.15) is 5.75 Å². The monoisotopic (exact) mass is 375 g/mol. The Morgan fingerprint density at radius 3 is 2.40 bits per heavy atom. The maximum absolute atomic E-state index is 13.1. The number of nitrogens with one attached hydrogen (secondary N) is 1. The van der Waals surface area contributed by atoms with Gasteiger partial charge in [0.15, 0.2) is 5.78 Å². The number of ketones is 1. The number of fused-ring (bicyclic) bond motifs is 1. The first kappa shape index (κ1) is 17.5. The van der Waals surface area contributed by atoms with E-state index in [0.29, 0.717) is 32.8 Å². The van der Waals surface area contributed by atoms with Crippen LogP contribution in [0, 0.1) is 6.92 Å². The molecule has 1 aromatic heterocycles. The summed E-state index contributed by atoms with van der Waals surface area (Å²) in [4.78, 5) is 27.8. The summed E-state index contributed by atoms with van der Waals surface area (Å²) in [6.07, 6.45) is 0.0292. The number of H-pyrrole nitrogens is 1. The van der Waals surface area contributed by atoms with Crippen molar-refractivity contribution >= 4 is 45.1 Å². The smallest absolute Gasteiger partial charge is 0.226 e. The topological polar surface area (TPSA) is 59.2 Å². The van der Waals surface area contributed by atoms with Crippen LogP contribution in [0.1, 0.15) is 27.2 Å². The summed E-state index contributed by atoms with van der Waals surface area (Å²) in [7, 11) is 1.51. The van der Waals surface area contributed by atoms with E-state index in [4.69, 9.17) is 27.9 Å². The number of aromatic nitrogens is 1. The van der Waals surface area contributed by atoms with Crippen LogP contribution in [-0.2, 0) is 11.2 Å². The first-order valence-electron chi connectivity index (χ1n) is 7.59. The number of benzene rings is 2. The van der Waals surface area contributed by atoms with Gasteiger partial charge in [-0.2, -0.15) is 0 Å². The summed E-state index contributed by atoms with van der Waals surface area (Å²) >= 11 is 11.5. The molecule has 0 bridgehead atoms. The Labute approximate surface area is 154 Å². The lowest BCUT2D eigenvalue weighted by Gasteiger charge is -2.11. The molecule has 128 valence electrons. The largest absolute Gasteiger partial charge is 0.496 e. The fraction of sp³-hybridized carbons (Fsp3) is 0.158. The molecule has 3 aromatic rings. The molecule has 0 saturated carbocycles. The van der Waals surface area contributed by atoms with Crippen molar-refractivity contribution in [2.45, 2.75) is 13.3 Å². The van der Waals surface area contributed by atoms with Crippen LogP contribution in [0.15, 0.2) is 36.4 Å². The van der Waals surface area contributed by atoms with E-state index >= 15 is 0 Å². The van der Waals surface area contributed by atoms with Crippen LogP contribution in [0.25, 0.3) is 10.9 Å². The molecule has 0 aliphatic carbocycles. The van der Waals surface area contributed by atoms with Gasteiger partial charge in [-0.15, -0.1) is 0 Å². The molecule has 0 saturated heterocycles. The number of methoxy groups -OCH3 is 1. The molecule has 2 aromatic carbocycles. The average Bonchev–Trinajstić information content (AvgIpc) is 2.89. The Bertz CT molecular complexity index is 974. The van der Waals surface area contributed by atoms with E-state index in [0.717, 1.165) is 11.2 Å². The predicted octanol–water partition coefficient (Wildman–Crippen LogP) is 4.68. The molecule has 0 atom stereocenters. The number of aromatic amines is 1. The summed E-state index contributed by atoms with van der Waals surface area (Å²) in [5.74, 6) is 0.233. The van der Waals surface area contributed by atoms with Crippen LogP contribution in [0.4, 0.5) is 0 Å². The van der Waals surface area contributed by atoms with E-state index in [1.807, 2.05) is 13.0 Å². The number of hydrogen-bond donors (Lipinski definition) is 1. The fourth-order valence-corrected chi connectivity index (χ4v) is 3.23. The zero-order valence-electron chi connectivity index (χ0n) is 13.7. The number of carbonyl (C=O) groups excluding carboxylic acids is 2. The third kappa shape index (κ3) is 3.28. The summed E-state index contributed by atoms with van der Waals surface area (Å²) < 4.78 is 5.41. The van der Waals surface area contributed by atoms with Crippen molar-refractivity contribution in [1.29, 1.82) is 0 Å². The zero-order chi connectivity index (χ0) is 18.1. The molecule has 0 amide bonds. The fourth-order valence-electron chi connectivity index (χ4n) is 2.97. The molecule has 1 N–H and O–H groups in total. The van der Waals surface area contributed by atoms with Crippen molar-refractivity contribution < 1.29 is 14.3 Å². The maximum Gasteiger partial charge on any atom is 0.226 e. The van der Waals surface area contributed by atoms with Crippen LogP contribution >= 0.6 is 23.2 Å². The summed E-state index contributed by atoms with van der Waals surface area (Å²) in [5, 5.41) is 0.718. The van der Waals surface area contributed by atoms with Gasteiger partial charge >= 0.3 is 0 Å². The molecular formula is C19H15Cl2NO3. The van der Waals surface area contributed by atoms with Crippen molar-refractivity contribution in [3.05, 3.63) is 63.8 Å². The van der Waals surface area contributed by atoms with Crippen molar-refractivity contribution in [2.75, 3.05) is 7.11 Å². The second kappa shape index (κ2) is 6.90. The Morgan fingerprint density at radius 1 is 1.12 bits per heavy atom. The second-order valence-corrected chi connectivity index (χ2v) is 6.52. The predicted molar refractivity (Wildman–Crippen MR) is 99.0 cm³/mol. The maximum atomic E-state index is 13.1. The first-order valence-corrected chi connectivity index (χ1v) is 8.34. The van der Waals surface area contributed by atoms with Gasteiger partial charge in [0.2, 0.25) is 5.24 Å². The Kier molecular flexibility index (Phi) is 4.84. The molecular weight excluding hydrogens is 361 g/mol. The molecule has 25 heavy (non-hydrogen) atoms. The van der Waals surface area contributed by atoms with E-state index < -0.39 is 5.24 Å². The molecule has 0 fully saturated rings. The minimum absolute atomic E-state index is 0.0292. The molecule has 0 aliphatic rings. The SMILES string of the molecule is COc1ccc2[nH]c(C)c(CC(=O)Cl)c2c1C(=O)c1ccc(Cl)cc1. The molecule has 0 spiro atoms. The van der Waals surface area contributed by atoms with Gasteiger partial charge in [0.05, 0.1) is 12.7 Å². The highest BCUT2D eigenvalue weighted by molar-refractivity contribution is 6.63. The van der Waals surface area contributed by atoms with Crippen LogP contribution in [0.3, 0.4) is 0 Å². The van der Waals surface area contributed by atoms with Gasteiger partial charge in [-0.3, -0.25) is 9.59 Å². The van der Waals surface area contributed by atoms with Gasteiger partial charge in [-0.25, -0.2) is 0 Å². The lowest BCUT2D eigenvalue weighted by Crippen LogP contribution is -2.06. The minimum atomic E-state index is -0.489. The minimum Gasteiger partial charge on any atom is -0.496 e. The summed E-state index contributed by atoms with van der Waals surface area (Å²) in [5.41, 5.74) is 3.13. The van der Waals surface area contributed by atoms with E-state index in [9.17, 15) is 9.59 Å². The van der Waals surface area contributed by atoms with Crippen LogP contribution in [0.2, 0.25) is 5.02 Å². The number of rotatable bonds is 5.